The topological polar surface area (TPSA) is 55.4 Å². The summed E-state index contributed by atoms with van der Waals surface area (Å²) in [6, 6.07) is 10.6. The summed E-state index contributed by atoms with van der Waals surface area (Å²) in [7, 11) is 0. The molecule has 0 aliphatic heterocycles. The van der Waals surface area contributed by atoms with Crippen LogP contribution in [0.1, 0.15) is 33.2 Å². The van der Waals surface area contributed by atoms with E-state index in [1.165, 1.54) is 6.07 Å². The zero-order valence-corrected chi connectivity index (χ0v) is 12.4. The van der Waals surface area contributed by atoms with E-state index in [-0.39, 0.29) is 5.56 Å². The van der Waals surface area contributed by atoms with E-state index in [4.69, 9.17) is 4.74 Å². The molecule has 2 aromatic rings. The minimum absolute atomic E-state index is 0.234. The van der Waals surface area contributed by atoms with Crippen molar-refractivity contribution in [3.63, 3.8) is 0 Å². The lowest BCUT2D eigenvalue weighted by atomic mass is 10.1. The molecule has 0 bridgehead atoms. The van der Waals surface area contributed by atoms with E-state index in [1.54, 1.807) is 50.2 Å². The molecule has 4 nitrogen and oxygen atoms in total. The van der Waals surface area contributed by atoms with E-state index in [9.17, 15) is 14.0 Å². The molecule has 0 atom stereocenters. The second-order valence-electron chi connectivity index (χ2n) is 4.72. The molecule has 2 aromatic carbocycles. The first kappa shape index (κ1) is 15.7. The first-order valence-corrected chi connectivity index (χ1v) is 6.86. The standard InChI is InChI=1S/C17H16FNO3/c1-3-22-17(21)12-6-8-14(9-7-12)19-16(20)13-5-4-11(2)15(18)10-13/h4-10H,3H2,1-2H3,(H,19,20). The van der Waals surface area contributed by atoms with Gasteiger partial charge in [-0.2, -0.15) is 0 Å². The maximum atomic E-state index is 13.5. The molecular weight excluding hydrogens is 285 g/mol. The summed E-state index contributed by atoms with van der Waals surface area (Å²) in [6.07, 6.45) is 0. The Morgan fingerprint density at radius 1 is 1.09 bits per heavy atom. The summed E-state index contributed by atoms with van der Waals surface area (Å²) >= 11 is 0. The zero-order chi connectivity index (χ0) is 16.1. The van der Waals surface area contributed by atoms with Gasteiger partial charge in [0.1, 0.15) is 5.82 Å². The fourth-order valence-electron chi connectivity index (χ4n) is 1.84. The van der Waals surface area contributed by atoms with Crippen molar-refractivity contribution in [3.05, 3.63) is 65.0 Å². The smallest absolute Gasteiger partial charge is 0.338 e. The van der Waals surface area contributed by atoms with Crippen molar-refractivity contribution in [1.82, 2.24) is 0 Å². The third kappa shape index (κ3) is 3.69. The number of hydrogen-bond acceptors (Lipinski definition) is 3. The number of anilines is 1. The van der Waals surface area contributed by atoms with E-state index in [1.807, 2.05) is 0 Å². The van der Waals surface area contributed by atoms with Gasteiger partial charge in [-0.3, -0.25) is 4.79 Å². The van der Waals surface area contributed by atoms with Crippen molar-refractivity contribution in [2.24, 2.45) is 0 Å². The maximum Gasteiger partial charge on any atom is 0.338 e. The third-order valence-electron chi connectivity index (χ3n) is 3.09. The molecule has 0 aliphatic rings. The van der Waals surface area contributed by atoms with Gasteiger partial charge in [-0.1, -0.05) is 6.07 Å². The highest BCUT2D eigenvalue weighted by molar-refractivity contribution is 6.04. The number of benzene rings is 2. The Balaban J connectivity index is 2.08. The fraction of sp³-hybridized carbons (Fsp3) is 0.176. The number of aryl methyl sites for hydroxylation is 1. The van der Waals surface area contributed by atoms with Gasteiger partial charge in [-0.05, 0) is 55.8 Å². The lowest BCUT2D eigenvalue weighted by molar-refractivity contribution is 0.0526. The average molecular weight is 301 g/mol. The zero-order valence-electron chi connectivity index (χ0n) is 12.4. The van der Waals surface area contributed by atoms with Gasteiger partial charge >= 0.3 is 5.97 Å². The molecule has 0 aliphatic carbocycles. The van der Waals surface area contributed by atoms with Crippen LogP contribution in [0, 0.1) is 12.7 Å². The Morgan fingerprint density at radius 2 is 1.73 bits per heavy atom. The molecular formula is C17H16FNO3. The van der Waals surface area contributed by atoms with E-state index in [0.29, 0.717) is 23.4 Å². The van der Waals surface area contributed by atoms with Crippen LogP contribution in [0.15, 0.2) is 42.5 Å². The molecule has 0 heterocycles. The highest BCUT2D eigenvalue weighted by Crippen LogP contribution is 2.14. The van der Waals surface area contributed by atoms with Gasteiger partial charge in [0.25, 0.3) is 5.91 Å². The number of hydrogen-bond donors (Lipinski definition) is 1. The lowest BCUT2D eigenvalue weighted by Gasteiger charge is -2.07. The van der Waals surface area contributed by atoms with Crippen LogP contribution in [0.4, 0.5) is 10.1 Å². The monoisotopic (exact) mass is 301 g/mol. The van der Waals surface area contributed by atoms with Crippen molar-refractivity contribution in [2.45, 2.75) is 13.8 Å². The van der Waals surface area contributed by atoms with Gasteiger partial charge in [0, 0.05) is 11.3 Å². The van der Waals surface area contributed by atoms with Crippen LogP contribution in [0.5, 0.6) is 0 Å². The summed E-state index contributed by atoms with van der Waals surface area (Å²) < 4.78 is 18.3. The van der Waals surface area contributed by atoms with Crippen molar-refractivity contribution in [1.29, 1.82) is 0 Å². The van der Waals surface area contributed by atoms with Crippen LogP contribution >= 0.6 is 0 Å². The SMILES string of the molecule is CCOC(=O)c1ccc(NC(=O)c2ccc(C)c(F)c2)cc1. The van der Waals surface area contributed by atoms with Gasteiger partial charge in [0.2, 0.25) is 0 Å². The molecule has 0 saturated carbocycles. The Bertz CT molecular complexity index is 696. The predicted molar refractivity (Wildman–Crippen MR) is 81.5 cm³/mol. The van der Waals surface area contributed by atoms with Gasteiger partial charge < -0.3 is 10.1 Å². The van der Waals surface area contributed by atoms with Crippen molar-refractivity contribution in [2.75, 3.05) is 11.9 Å². The lowest BCUT2D eigenvalue weighted by Crippen LogP contribution is -2.12. The maximum absolute atomic E-state index is 13.5. The summed E-state index contributed by atoms with van der Waals surface area (Å²) in [4.78, 5) is 23.5. The van der Waals surface area contributed by atoms with Gasteiger partial charge in [-0.25, -0.2) is 9.18 Å². The third-order valence-corrected chi connectivity index (χ3v) is 3.09. The first-order valence-electron chi connectivity index (χ1n) is 6.86. The van der Waals surface area contributed by atoms with E-state index < -0.39 is 17.7 Å². The molecule has 22 heavy (non-hydrogen) atoms. The molecule has 0 fully saturated rings. The van der Waals surface area contributed by atoms with Crippen LogP contribution in [-0.2, 0) is 4.74 Å². The highest BCUT2D eigenvalue weighted by Gasteiger charge is 2.10. The number of halogens is 1. The number of rotatable bonds is 4. The molecule has 0 unspecified atom stereocenters. The Labute approximate surface area is 127 Å². The molecule has 1 N–H and O–H groups in total. The van der Waals surface area contributed by atoms with Gasteiger partial charge in [0.15, 0.2) is 0 Å². The van der Waals surface area contributed by atoms with Crippen LogP contribution in [-0.4, -0.2) is 18.5 Å². The van der Waals surface area contributed by atoms with Crippen molar-refractivity contribution >= 4 is 17.6 Å². The first-order chi connectivity index (χ1) is 10.5. The quantitative estimate of drug-likeness (QED) is 0.878. The number of esters is 1. The Hall–Kier alpha value is -2.69. The van der Waals surface area contributed by atoms with Crippen LogP contribution in [0.2, 0.25) is 0 Å². The summed E-state index contributed by atoms with van der Waals surface area (Å²) in [5.74, 6) is -1.26. The van der Waals surface area contributed by atoms with Crippen molar-refractivity contribution < 1.29 is 18.7 Å². The molecule has 1 amide bonds. The number of carbonyl (C=O) groups excluding carboxylic acids is 2. The number of amides is 1. The molecule has 2 rings (SSSR count). The van der Waals surface area contributed by atoms with E-state index in [0.717, 1.165) is 0 Å². The largest absolute Gasteiger partial charge is 0.462 e. The van der Waals surface area contributed by atoms with Crippen LogP contribution in [0.3, 0.4) is 0 Å². The molecule has 0 saturated heterocycles. The highest BCUT2D eigenvalue weighted by atomic mass is 19.1. The van der Waals surface area contributed by atoms with E-state index >= 15 is 0 Å². The Morgan fingerprint density at radius 3 is 2.32 bits per heavy atom. The Kier molecular flexibility index (Phi) is 4.88. The molecule has 0 spiro atoms. The number of nitrogens with one attached hydrogen (secondary N) is 1. The van der Waals surface area contributed by atoms with Gasteiger partial charge in [-0.15, -0.1) is 0 Å². The minimum Gasteiger partial charge on any atom is -0.462 e. The molecule has 0 radical (unpaired) electrons. The minimum atomic E-state index is -0.426. The summed E-state index contributed by atoms with van der Waals surface area (Å²) in [6.45, 7) is 3.66. The second-order valence-corrected chi connectivity index (χ2v) is 4.72. The predicted octanol–water partition coefficient (Wildman–Crippen LogP) is 3.56. The molecule has 114 valence electrons. The second kappa shape index (κ2) is 6.85. The summed E-state index contributed by atoms with van der Waals surface area (Å²) in [5.41, 5.74) is 1.63. The van der Waals surface area contributed by atoms with Crippen LogP contribution in [0.25, 0.3) is 0 Å². The van der Waals surface area contributed by atoms with Gasteiger partial charge in [0.05, 0.1) is 12.2 Å². The number of carbonyl (C=O) groups is 2. The van der Waals surface area contributed by atoms with Crippen LogP contribution < -0.4 is 5.32 Å². The molecule has 5 heteroatoms. The fourth-order valence-corrected chi connectivity index (χ4v) is 1.84. The average Bonchev–Trinajstić information content (AvgIpc) is 2.51. The number of ether oxygens (including phenoxy) is 1. The van der Waals surface area contributed by atoms with Crippen molar-refractivity contribution in [3.8, 4) is 0 Å². The van der Waals surface area contributed by atoms with E-state index in [2.05, 4.69) is 5.32 Å². The summed E-state index contributed by atoms with van der Waals surface area (Å²) in [5, 5.41) is 2.65. The normalized spacial score (nSPS) is 10.1. The molecule has 0 aromatic heterocycles.